The van der Waals surface area contributed by atoms with Gasteiger partial charge in [-0.2, -0.15) is 5.10 Å². The van der Waals surface area contributed by atoms with E-state index in [1.807, 2.05) is 17.7 Å². The van der Waals surface area contributed by atoms with Crippen LogP contribution >= 0.6 is 0 Å². The Morgan fingerprint density at radius 2 is 1.89 bits per heavy atom. The molecule has 2 rings (SSSR count). The van der Waals surface area contributed by atoms with Gasteiger partial charge in [0, 0.05) is 17.8 Å². The van der Waals surface area contributed by atoms with Crippen LogP contribution in [0.2, 0.25) is 0 Å². The molecule has 0 aliphatic carbocycles. The maximum atomic E-state index is 10.6. The van der Waals surface area contributed by atoms with Crippen molar-refractivity contribution in [1.29, 1.82) is 0 Å². The van der Waals surface area contributed by atoms with E-state index in [0.29, 0.717) is 5.92 Å². The van der Waals surface area contributed by atoms with Crippen LogP contribution in [0.3, 0.4) is 0 Å². The quantitative estimate of drug-likeness (QED) is 0.616. The molecule has 1 aromatic heterocycles. The number of nitrogens with zero attached hydrogens (tertiary/aromatic N) is 3. The molecule has 0 unspecified atom stereocenters. The molecule has 0 aliphatic rings. The zero-order chi connectivity index (χ0) is 13.3. The molecule has 0 bridgehead atoms. The van der Waals surface area contributed by atoms with Crippen LogP contribution in [0.15, 0.2) is 30.3 Å². The smallest absolute Gasteiger partial charge is 0.258 e. The van der Waals surface area contributed by atoms with Crippen molar-refractivity contribution < 1.29 is 4.92 Å². The molecule has 0 fully saturated rings. The molecular weight excluding hydrogens is 230 g/mol. The topological polar surface area (TPSA) is 61.0 Å². The summed E-state index contributed by atoms with van der Waals surface area (Å²) in [6.07, 6.45) is 0. The number of rotatable bonds is 3. The lowest BCUT2D eigenvalue weighted by atomic mass is 10.1. The number of aryl methyl sites for hydroxylation is 1. The minimum atomic E-state index is -0.401. The lowest BCUT2D eigenvalue weighted by molar-refractivity contribution is -0.384. The lowest BCUT2D eigenvalue weighted by Gasteiger charge is -2.09. The van der Waals surface area contributed by atoms with Crippen LogP contribution < -0.4 is 0 Å². The van der Waals surface area contributed by atoms with E-state index in [-0.39, 0.29) is 5.69 Å². The van der Waals surface area contributed by atoms with Gasteiger partial charge in [-0.05, 0) is 31.0 Å². The van der Waals surface area contributed by atoms with Gasteiger partial charge in [0.25, 0.3) is 5.69 Å². The molecule has 0 aliphatic heterocycles. The largest absolute Gasteiger partial charge is 0.269 e. The van der Waals surface area contributed by atoms with Crippen molar-refractivity contribution in [2.24, 2.45) is 0 Å². The maximum Gasteiger partial charge on any atom is 0.269 e. The van der Waals surface area contributed by atoms with Crippen LogP contribution in [0.4, 0.5) is 5.69 Å². The van der Waals surface area contributed by atoms with Gasteiger partial charge in [-0.1, -0.05) is 13.8 Å². The maximum absolute atomic E-state index is 10.6. The third-order valence-corrected chi connectivity index (χ3v) is 2.76. The highest BCUT2D eigenvalue weighted by molar-refractivity contribution is 5.41. The van der Waals surface area contributed by atoms with E-state index in [1.54, 1.807) is 12.1 Å². The Bertz CT molecular complexity index is 570. The molecule has 0 atom stereocenters. The normalized spacial score (nSPS) is 10.9. The predicted octanol–water partition coefficient (Wildman–Crippen LogP) is 3.21. The second kappa shape index (κ2) is 4.60. The van der Waals surface area contributed by atoms with E-state index in [4.69, 9.17) is 0 Å². The molecule has 0 amide bonds. The van der Waals surface area contributed by atoms with E-state index in [1.165, 1.54) is 12.1 Å². The molecule has 18 heavy (non-hydrogen) atoms. The third-order valence-electron chi connectivity index (χ3n) is 2.76. The molecule has 2 aromatic rings. The fourth-order valence-corrected chi connectivity index (χ4v) is 1.85. The molecular formula is C13H15N3O2. The lowest BCUT2D eigenvalue weighted by Crippen LogP contribution is -2.03. The Labute approximate surface area is 105 Å². The molecule has 94 valence electrons. The van der Waals surface area contributed by atoms with Crippen molar-refractivity contribution in [2.75, 3.05) is 0 Å². The third kappa shape index (κ3) is 2.25. The first-order chi connectivity index (χ1) is 8.49. The SMILES string of the molecule is Cc1cc(C(C)C)n(-c2ccc([N+](=O)[O-])cc2)n1. The number of benzene rings is 1. The molecule has 5 heteroatoms. The van der Waals surface area contributed by atoms with Crippen molar-refractivity contribution in [2.45, 2.75) is 26.7 Å². The first-order valence-corrected chi connectivity index (χ1v) is 5.80. The molecule has 0 saturated carbocycles. The number of nitro groups is 1. The number of nitro benzene ring substituents is 1. The van der Waals surface area contributed by atoms with Gasteiger partial charge in [0.1, 0.15) is 0 Å². The zero-order valence-electron chi connectivity index (χ0n) is 10.6. The highest BCUT2D eigenvalue weighted by Crippen LogP contribution is 2.21. The molecule has 0 N–H and O–H groups in total. The summed E-state index contributed by atoms with van der Waals surface area (Å²) in [6, 6.07) is 8.46. The van der Waals surface area contributed by atoms with Crippen molar-refractivity contribution >= 4 is 5.69 Å². The number of hydrogen-bond acceptors (Lipinski definition) is 3. The number of non-ortho nitro benzene ring substituents is 1. The van der Waals surface area contributed by atoms with Crippen LogP contribution in [0, 0.1) is 17.0 Å². The van der Waals surface area contributed by atoms with Gasteiger partial charge in [-0.25, -0.2) is 4.68 Å². The zero-order valence-corrected chi connectivity index (χ0v) is 10.6. The highest BCUT2D eigenvalue weighted by atomic mass is 16.6. The highest BCUT2D eigenvalue weighted by Gasteiger charge is 2.12. The predicted molar refractivity (Wildman–Crippen MR) is 69.0 cm³/mol. The van der Waals surface area contributed by atoms with Crippen LogP contribution in [0.25, 0.3) is 5.69 Å². The van der Waals surface area contributed by atoms with Gasteiger partial charge in [-0.15, -0.1) is 0 Å². The van der Waals surface area contributed by atoms with Crippen LogP contribution in [0.5, 0.6) is 0 Å². The average molecular weight is 245 g/mol. The van der Waals surface area contributed by atoms with Gasteiger partial charge in [0.05, 0.1) is 16.3 Å². The standard InChI is InChI=1S/C13H15N3O2/c1-9(2)13-8-10(3)14-15(13)11-4-6-12(7-5-11)16(17)18/h4-9H,1-3H3. The van der Waals surface area contributed by atoms with Crippen molar-refractivity contribution in [3.05, 3.63) is 51.8 Å². The van der Waals surface area contributed by atoms with Crippen molar-refractivity contribution in [1.82, 2.24) is 9.78 Å². The number of aromatic nitrogens is 2. The Morgan fingerprint density at radius 3 is 2.39 bits per heavy atom. The second-order valence-electron chi connectivity index (χ2n) is 4.55. The molecule has 5 nitrogen and oxygen atoms in total. The minimum Gasteiger partial charge on any atom is -0.258 e. The summed E-state index contributed by atoms with van der Waals surface area (Å²) in [7, 11) is 0. The van der Waals surface area contributed by atoms with Crippen LogP contribution in [-0.2, 0) is 0 Å². The van der Waals surface area contributed by atoms with Crippen LogP contribution in [-0.4, -0.2) is 14.7 Å². The molecule has 0 spiro atoms. The molecule has 0 radical (unpaired) electrons. The average Bonchev–Trinajstić information content (AvgIpc) is 2.71. The molecule has 0 saturated heterocycles. The first-order valence-electron chi connectivity index (χ1n) is 5.80. The molecule has 1 heterocycles. The fourth-order valence-electron chi connectivity index (χ4n) is 1.85. The van der Waals surface area contributed by atoms with Crippen molar-refractivity contribution in [3.63, 3.8) is 0 Å². The minimum absolute atomic E-state index is 0.0914. The van der Waals surface area contributed by atoms with E-state index < -0.39 is 4.92 Å². The summed E-state index contributed by atoms with van der Waals surface area (Å²) in [5, 5.41) is 15.0. The second-order valence-corrected chi connectivity index (χ2v) is 4.55. The van der Waals surface area contributed by atoms with E-state index in [2.05, 4.69) is 18.9 Å². The summed E-state index contributed by atoms with van der Waals surface area (Å²) >= 11 is 0. The van der Waals surface area contributed by atoms with Crippen LogP contribution in [0.1, 0.15) is 31.2 Å². The summed E-state index contributed by atoms with van der Waals surface area (Å²) < 4.78 is 1.84. The summed E-state index contributed by atoms with van der Waals surface area (Å²) in [5.41, 5.74) is 2.98. The fraction of sp³-hybridized carbons (Fsp3) is 0.308. The summed E-state index contributed by atoms with van der Waals surface area (Å²) in [4.78, 5) is 10.2. The van der Waals surface area contributed by atoms with E-state index >= 15 is 0 Å². The first kappa shape index (κ1) is 12.3. The Morgan fingerprint density at radius 1 is 1.28 bits per heavy atom. The molecule has 1 aromatic carbocycles. The summed E-state index contributed by atoms with van der Waals surface area (Å²) in [6.45, 7) is 6.13. The van der Waals surface area contributed by atoms with Crippen molar-refractivity contribution in [3.8, 4) is 5.69 Å². The summed E-state index contributed by atoms with van der Waals surface area (Å²) in [5.74, 6) is 0.349. The van der Waals surface area contributed by atoms with Gasteiger partial charge in [0.15, 0.2) is 0 Å². The van der Waals surface area contributed by atoms with Gasteiger partial charge in [0.2, 0.25) is 0 Å². The van der Waals surface area contributed by atoms with E-state index in [9.17, 15) is 10.1 Å². The monoisotopic (exact) mass is 245 g/mol. The van der Waals surface area contributed by atoms with Gasteiger partial charge < -0.3 is 0 Å². The Balaban J connectivity index is 2.45. The Hall–Kier alpha value is -2.17. The van der Waals surface area contributed by atoms with Gasteiger partial charge in [-0.3, -0.25) is 10.1 Å². The van der Waals surface area contributed by atoms with E-state index in [0.717, 1.165) is 17.1 Å². The number of hydrogen-bond donors (Lipinski definition) is 0. The Kier molecular flexibility index (Phi) is 3.14. The van der Waals surface area contributed by atoms with Gasteiger partial charge >= 0.3 is 0 Å².